The van der Waals surface area contributed by atoms with E-state index < -0.39 is 18.2 Å². The van der Waals surface area contributed by atoms with Crippen LogP contribution in [0.2, 0.25) is 0 Å². The maximum atomic E-state index is 13.2. The van der Waals surface area contributed by atoms with E-state index in [1.165, 1.54) is 22.9 Å². The number of hydrogen-bond donors (Lipinski definition) is 1. The van der Waals surface area contributed by atoms with E-state index in [2.05, 4.69) is 0 Å². The maximum Gasteiger partial charge on any atom is 0.187 e. The van der Waals surface area contributed by atoms with Gasteiger partial charge in [-0.25, -0.2) is 8.78 Å². The molecule has 0 bridgehead atoms. The van der Waals surface area contributed by atoms with Crippen LogP contribution in [0, 0.1) is 18.6 Å². The first-order valence-corrected chi connectivity index (χ1v) is 5.31. The summed E-state index contributed by atoms with van der Waals surface area (Å²) in [4.78, 5) is 11.5. The molecule has 0 aliphatic rings. The van der Waals surface area contributed by atoms with Gasteiger partial charge in [-0.15, -0.1) is 0 Å². The van der Waals surface area contributed by atoms with Crippen molar-refractivity contribution in [1.29, 1.82) is 0 Å². The summed E-state index contributed by atoms with van der Waals surface area (Å²) in [5.41, 5.74) is 0.878. The Kier molecular flexibility index (Phi) is 3.25. The van der Waals surface area contributed by atoms with Gasteiger partial charge in [-0.05, 0) is 19.1 Å². The fraction of sp³-hybridized carbons (Fsp3) is 0.154. The Morgan fingerprint density at radius 2 is 1.94 bits per heavy atom. The third kappa shape index (κ3) is 2.17. The molecule has 0 radical (unpaired) electrons. The Labute approximate surface area is 102 Å². The number of nitrogens with zero attached hydrogens (tertiary/aromatic N) is 1. The molecule has 0 saturated heterocycles. The van der Waals surface area contributed by atoms with Crippen LogP contribution in [0.3, 0.4) is 0 Å². The topological polar surface area (TPSA) is 42.2 Å². The van der Waals surface area contributed by atoms with Gasteiger partial charge in [0, 0.05) is 35.3 Å². The molecule has 0 aliphatic heterocycles. The molecule has 18 heavy (non-hydrogen) atoms. The molecule has 3 nitrogen and oxygen atoms in total. The molecule has 2 rings (SSSR count). The summed E-state index contributed by atoms with van der Waals surface area (Å²) in [6.45, 7) is 1.27. The van der Waals surface area contributed by atoms with Gasteiger partial charge in [-0.1, -0.05) is 0 Å². The number of benzene rings is 1. The molecule has 0 fully saturated rings. The minimum atomic E-state index is -0.962. The molecule has 2 aromatic rings. The third-order valence-electron chi connectivity index (χ3n) is 2.67. The molecule has 1 aromatic carbocycles. The highest BCUT2D eigenvalue weighted by Crippen LogP contribution is 2.15. The lowest BCUT2D eigenvalue weighted by Crippen LogP contribution is -2.14. The molecule has 1 aromatic heterocycles. The fourth-order valence-electron chi connectivity index (χ4n) is 1.71. The van der Waals surface area contributed by atoms with Crippen molar-refractivity contribution < 1.29 is 13.9 Å². The summed E-state index contributed by atoms with van der Waals surface area (Å²) in [5.74, 6) is -1.89. The molecule has 0 aliphatic carbocycles. The highest BCUT2D eigenvalue weighted by molar-refractivity contribution is 5.36. The van der Waals surface area contributed by atoms with Crippen LogP contribution in [-0.2, 0) is 6.61 Å². The molecule has 0 saturated carbocycles. The highest BCUT2D eigenvalue weighted by atomic mass is 19.2. The number of aliphatic hydroxyl groups excluding tert-OH is 1. The predicted molar refractivity (Wildman–Crippen MR) is 62.6 cm³/mol. The summed E-state index contributed by atoms with van der Waals surface area (Å²) in [6.07, 6.45) is 1.42. The first-order chi connectivity index (χ1) is 8.52. The molecule has 1 N–H and O–H groups in total. The van der Waals surface area contributed by atoms with Crippen molar-refractivity contribution >= 4 is 0 Å². The molecule has 94 valence electrons. The molecular weight excluding hydrogens is 240 g/mol. The molecule has 0 spiro atoms. The van der Waals surface area contributed by atoms with Crippen molar-refractivity contribution in [2.24, 2.45) is 0 Å². The summed E-state index contributed by atoms with van der Waals surface area (Å²) in [5, 5.41) is 9.03. The lowest BCUT2D eigenvalue weighted by molar-refractivity contribution is 0.280. The van der Waals surface area contributed by atoms with E-state index in [1.54, 1.807) is 6.92 Å². The van der Waals surface area contributed by atoms with Crippen LogP contribution in [0.15, 0.2) is 35.3 Å². The summed E-state index contributed by atoms with van der Waals surface area (Å²) in [7, 11) is 0. The van der Waals surface area contributed by atoms with E-state index >= 15 is 0 Å². The second-order valence-corrected chi connectivity index (χ2v) is 3.93. The van der Waals surface area contributed by atoms with Crippen LogP contribution < -0.4 is 5.43 Å². The summed E-state index contributed by atoms with van der Waals surface area (Å²) < 4.78 is 27.5. The van der Waals surface area contributed by atoms with Crippen molar-refractivity contribution in [3.63, 3.8) is 0 Å². The molecule has 5 heteroatoms. The number of aryl methyl sites for hydroxylation is 1. The number of rotatable bonds is 2. The van der Waals surface area contributed by atoms with Gasteiger partial charge in [0.2, 0.25) is 0 Å². The first-order valence-electron chi connectivity index (χ1n) is 5.31. The van der Waals surface area contributed by atoms with Crippen molar-refractivity contribution in [3.8, 4) is 5.69 Å². The van der Waals surface area contributed by atoms with Crippen molar-refractivity contribution in [2.45, 2.75) is 13.5 Å². The van der Waals surface area contributed by atoms with Crippen molar-refractivity contribution in [3.05, 3.63) is 63.6 Å². The second-order valence-electron chi connectivity index (χ2n) is 3.93. The Morgan fingerprint density at radius 1 is 1.22 bits per heavy atom. The van der Waals surface area contributed by atoms with E-state index in [-0.39, 0.29) is 11.0 Å². The monoisotopic (exact) mass is 251 g/mol. The van der Waals surface area contributed by atoms with E-state index in [0.717, 1.165) is 12.1 Å². The Bertz CT molecular complexity index is 650. The average molecular weight is 251 g/mol. The molecule has 0 amide bonds. The van der Waals surface area contributed by atoms with Gasteiger partial charge in [0.1, 0.15) is 0 Å². The quantitative estimate of drug-likeness (QED) is 0.886. The number of aromatic nitrogens is 1. The number of halogens is 2. The van der Waals surface area contributed by atoms with Gasteiger partial charge < -0.3 is 9.67 Å². The number of aliphatic hydroxyl groups is 1. The zero-order valence-corrected chi connectivity index (χ0v) is 9.65. The largest absolute Gasteiger partial charge is 0.391 e. The van der Waals surface area contributed by atoms with Crippen LogP contribution in [0.25, 0.3) is 5.69 Å². The predicted octanol–water partition coefficient (Wildman–Crippen LogP) is 1.92. The fourth-order valence-corrected chi connectivity index (χ4v) is 1.71. The number of hydrogen-bond acceptors (Lipinski definition) is 2. The molecular formula is C13H11F2NO2. The lowest BCUT2D eigenvalue weighted by Gasteiger charge is -2.12. The lowest BCUT2D eigenvalue weighted by atomic mass is 10.2. The smallest absolute Gasteiger partial charge is 0.187 e. The standard InChI is InChI=1S/C13H11F2NO2/c1-8-4-13(18)9(7-17)6-16(8)10-2-3-11(14)12(15)5-10/h2-6,17H,7H2,1H3. The van der Waals surface area contributed by atoms with Gasteiger partial charge in [0.25, 0.3) is 0 Å². The Balaban J connectivity index is 2.63. The normalized spacial score (nSPS) is 10.7. The van der Waals surface area contributed by atoms with E-state index in [0.29, 0.717) is 11.4 Å². The van der Waals surface area contributed by atoms with Gasteiger partial charge in [0.05, 0.1) is 6.61 Å². The highest BCUT2D eigenvalue weighted by Gasteiger charge is 2.07. The second kappa shape index (κ2) is 4.70. The van der Waals surface area contributed by atoms with Crippen molar-refractivity contribution in [1.82, 2.24) is 4.57 Å². The van der Waals surface area contributed by atoms with E-state index in [4.69, 9.17) is 5.11 Å². The van der Waals surface area contributed by atoms with Crippen LogP contribution in [0.4, 0.5) is 8.78 Å². The van der Waals surface area contributed by atoms with Crippen molar-refractivity contribution in [2.75, 3.05) is 0 Å². The molecule has 0 atom stereocenters. The zero-order valence-electron chi connectivity index (χ0n) is 9.65. The maximum absolute atomic E-state index is 13.2. The van der Waals surface area contributed by atoms with E-state index in [1.807, 2.05) is 0 Å². The Morgan fingerprint density at radius 3 is 2.56 bits per heavy atom. The number of pyridine rings is 1. The SMILES string of the molecule is Cc1cc(=O)c(CO)cn1-c1ccc(F)c(F)c1. The minimum absolute atomic E-state index is 0.199. The summed E-state index contributed by atoms with van der Waals surface area (Å²) in [6, 6.07) is 4.79. The van der Waals surface area contributed by atoms with Crippen LogP contribution in [-0.4, -0.2) is 9.67 Å². The molecule has 0 unspecified atom stereocenters. The van der Waals surface area contributed by atoms with E-state index in [9.17, 15) is 13.6 Å². The average Bonchev–Trinajstić information content (AvgIpc) is 2.33. The third-order valence-corrected chi connectivity index (χ3v) is 2.67. The van der Waals surface area contributed by atoms with Crippen LogP contribution >= 0.6 is 0 Å². The van der Waals surface area contributed by atoms with Gasteiger partial charge in [-0.2, -0.15) is 0 Å². The summed E-state index contributed by atoms with van der Waals surface area (Å²) >= 11 is 0. The van der Waals surface area contributed by atoms with Gasteiger partial charge in [-0.3, -0.25) is 4.79 Å². The van der Waals surface area contributed by atoms with Crippen LogP contribution in [0.5, 0.6) is 0 Å². The van der Waals surface area contributed by atoms with Gasteiger partial charge >= 0.3 is 0 Å². The van der Waals surface area contributed by atoms with Crippen LogP contribution in [0.1, 0.15) is 11.3 Å². The minimum Gasteiger partial charge on any atom is -0.391 e. The van der Waals surface area contributed by atoms with Gasteiger partial charge in [0.15, 0.2) is 17.1 Å². The Hall–Kier alpha value is -2.01. The molecule has 1 heterocycles. The first kappa shape index (κ1) is 12.4. The zero-order chi connectivity index (χ0) is 13.3.